The van der Waals surface area contributed by atoms with Gasteiger partial charge in [-0.05, 0) is 80.3 Å². The molecule has 0 aliphatic carbocycles. The number of carbonyl (C=O) groups excluding carboxylic acids is 1. The zero-order valence-corrected chi connectivity index (χ0v) is 22.3. The van der Waals surface area contributed by atoms with E-state index in [1.807, 2.05) is 36.4 Å². The SMILES string of the molecule is COc1cc(/C=C2/SC(=S)N(c3ccc(F)cc3)C2=O)cc(Br)c1OCc1cccc2ccccc12. The molecule has 1 saturated heterocycles. The Morgan fingerprint density at radius 3 is 2.58 bits per heavy atom. The average molecular weight is 581 g/mol. The molecule has 4 nitrogen and oxygen atoms in total. The first-order valence-electron chi connectivity index (χ1n) is 10.9. The van der Waals surface area contributed by atoms with E-state index in [-0.39, 0.29) is 11.7 Å². The van der Waals surface area contributed by atoms with E-state index in [0.717, 1.165) is 21.9 Å². The maximum Gasteiger partial charge on any atom is 0.270 e. The molecule has 4 aromatic carbocycles. The molecule has 1 fully saturated rings. The van der Waals surface area contributed by atoms with Crippen molar-refractivity contribution in [2.24, 2.45) is 0 Å². The van der Waals surface area contributed by atoms with Crippen LogP contribution >= 0.6 is 39.9 Å². The Labute approximate surface area is 225 Å². The minimum Gasteiger partial charge on any atom is -0.493 e. The Balaban J connectivity index is 1.40. The number of ether oxygens (including phenoxy) is 2. The van der Waals surface area contributed by atoms with Crippen LogP contribution in [0.1, 0.15) is 11.1 Å². The summed E-state index contributed by atoms with van der Waals surface area (Å²) >= 11 is 10.2. The molecule has 1 heterocycles. The quantitative estimate of drug-likeness (QED) is 0.172. The minimum absolute atomic E-state index is 0.261. The van der Waals surface area contributed by atoms with Crippen LogP contribution in [-0.2, 0) is 11.4 Å². The van der Waals surface area contributed by atoms with Gasteiger partial charge in [0.05, 0.1) is 22.2 Å². The molecule has 0 bridgehead atoms. The van der Waals surface area contributed by atoms with Gasteiger partial charge in [-0.2, -0.15) is 0 Å². The van der Waals surface area contributed by atoms with Crippen molar-refractivity contribution in [1.82, 2.24) is 0 Å². The molecular formula is C28H19BrFNO3S2. The summed E-state index contributed by atoms with van der Waals surface area (Å²) in [4.78, 5) is 14.9. The summed E-state index contributed by atoms with van der Waals surface area (Å²) in [6.07, 6.45) is 1.75. The van der Waals surface area contributed by atoms with Crippen LogP contribution in [0.3, 0.4) is 0 Å². The molecule has 1 amide bonds. The Bertz CT molecular complexity index is 1520. The highest BCUT2D eigenvalue weighted by Gasteiger charge is 2.33. The van der Waals surface area contributed by atoms with Crippen LogP contribution in [0.25, 0.3) is 16.8 Å². The lowest BCUT2D eigenvalue weighted by molar-refractivity contribution is -0.113. The van der Waals surface area contributed by atoms with Crippen LogP contribution in [0, 0.1) is 5.82 Å². The Morgan fingerprint density at radius 2 is 1.81 bits per heavy atom. The van der Waals surface area contributed by atoms with E-state index < -0.39 is 0 Å². The van der Waals surface area contributed by atoms with Crippen LogP contribution in [0.15, 0.2) is 88.2 Å². The van der Waals surface area contributed by atoms with E-state index in [1.54, 1.807) is 13.2 Å². The van der Waals surface area contributed by atoms with Gasteiger partial charge in [-0.3, -0.25) is 9.69 Å². The van der Waals surface area contributed by atoms with Gasteiger partial charge in [0.15, 0.2) is 15.8 Å². The van der Waals surface area contributed by atoms with Crippen molar-refractivity contribution < 1.29 is 18.7 Å². The Hall–Kier alpha value is -3.20. The highest BCUT2D eigenvalue weighted by atomic mass is 79.9. The smallest absolute Gasteiger partial charge is 0.270 e. The summed E-state index contributed by atoms with van der Waals surface area (Å²) in [6, 6.07) is 23.6. The summed E-state index contributed by atoms with van der Waals surface area (Å²) in [5.74, 6) is 0.466. The molecule has 0 unspecified atom stereocenters. The van der Waals surface area contributed by atoms with E-state index >= 15 is 0 Å². The maximum absolute atomic E-state index is 13.3. The number of amides is 1. The summed E-state index contributed by atoms with van der Waals surface area (Å²) in [5.41, 5.74) is 2.34. The van der Waals surface area contributed by atoms with Crippen LogP contribution in [0.2, 0.25) is 0 Å². The molecule has 0 atom stereocenters. The normalized spacial score (nSPS) is 14.6. The zero-order chi connectivity index (χ0) is 25.2. The van der Waals surface area contributed by atoms with Crippen LogP contribution < -0.4 is 14.4 Å². The fourth-order valence-corrected chi connectivity index (χ4v) is 5.84. The molecule has 8 heteroatoms. The topological polar surface area (TPSA) is 38.8 Å². The third kappa shape index (κ3) is 4.89. The predicted molar refractivity (Wildman–Crippen MR) is 151 cm³/mol. The van der Waals surface area contributed by atoms with Crippen molar-refractivity contribution in [3.8, 4) is 11.5 Å². The largest absolute Gasteiger partial charge is 0.493 e. The molecule has 0 radical (unpaired) electrons. The minimum atomic E-state index is -0.376. The summed E-state index contributed by atoms with van der Waals surface area (Å²) in [7, 11) is 1.57. The van der Waals surface area contributed by atoms with E-state index in [0.29, 0.717) is 37.5 Å². The first kappa shape index (κ1) is 24.5. The molecule has 36 heavy (non-hydrogen) atoms. The molecule has 0 N–H and O–H groups in total. The number of hydrogen-bond donors (Lipinski definition) is 0. The lowest BCUT2D eigenvalue weighted by Crippen LogP contribution is -2.27. The standard InChI is InChI=1S/C28H19BrFNO3S2/c1-33-24-14-17(15-25-27(32)31(28(35)36-25)21-11-9-20(30)10-12-21)13-23(29)26(24)34-16-19-7-4-6-18-5-2-3-8-22(18)19/h2-15H,16H2,1H3/b25-15+. The Morgan fingerprint density at radius 1 is 1.06 bits per heavy atom. The van der Waals surface area contributed by atoms with Gasteiger partial charge < -0.3 is 9.47 Å². The van der Waals surface area contributed by atoms with E-state index in [2.05, 4.69) is 34.1 Å². The number of carbonyl (C=O) groups is 1. The predicted octanol–water partition coefficient (Wildman–Crippen LogP) is 7.73. The van der Waals surface area contributed by atoms with Gasteiger partial charge in [0.25, 0.3) is 5.91 Å². The molecule has 1 aliphatic rings. The number of thioether (sulfide) groups is 1. The van der Waals surface area contributed by atoms with Gasteiger partial charge in [0.1, 0.15) is 12.4 Å². The third-order valence-electron chi connectivity index (χ3n) is 5.68. The number of benzene rings is 4. The first-order chi connectivity index (χ1) is 17.4. The summed E-state index contributed by atoms with van der Waals surface area (Å²) < 4.78 is 26.2. The van der Waals surface area contributed by atoms with Crippen LogP contribution in [-0.4, -0.2) is 17.3 Å². The first-order valence-corrected chi connectivity index (χ1v) is 13.0. The number of rotatable bonds is 6. The van der Waals surface area contributed by atoms with E-state index in [9.17, 15) is 9.18 Å². The van der Waals surface area contributed by atoms with Gasteiger partial charge in [-0.25, -0.2) is 4.39 Å². The second-order valence-corrected chi connectivity index (χ2v) is 10.5. The average Bonchev–Trinajstić information content (AvgIpc) is 3.16. The number of nitrogens with zero attached hydrogens (tertiary/aromatic N) is 1. The number of methoxy groups -OCH3 is 1. The third-order valence-corrected chi connectivity index (χ3v) is 7.57. The van der Waals surface area contributed by atoms with Crippen LogP contribution in [0.4, 0.5) is 10.1 Å². The van der Waals surface area contributed by atoms with Gasteiger partial charge in [-0.1, -0.05) is 66.4 Å². The molecule has 0 spiro atoms. The molecule has 180 valence electrons. The second kappa shape index (κ2) is 10.4. The molecule has 5 rings (SSSR count). The van der Waals surface area contributed by atoms with Gasteiger partial charge in [-0.15, -0.1) is 0 Å². The molecule has 0 aromatic heterocycles. The lowest BCUT2D eigenvalue weighted by atomic mass is 10.1. The van der Waals surface area contributed by atoms with Crippen molar-refractivity contribution in [2.75, 3.05) is 12.0 Å². The molecule has 1 aliphatic heterocycles. The number of thiocarbonyl (C=S) groups is 1. The number of halogens is 2. The molecular weight excluding hydrogens is 561 g/mol. The van der Waals surface area contributed by atoms with E-state index in [1.165, 1.54) is 40.9 Å². The Kier molecular flexibility index (Phi) is 7.09. The van der Waals surface area contributed by atoms with Crippen molar-refractivity contribution in [3.63, 3.8) is 0 Å². The van der Waals surface area contributed by atoms with Gasteiger partial charge in [0, 0.05) is 0 Å². The summed E-state index contributed by atoms with van der Waals surface area (Å²) in [6.45, 7) is 0.367. The zero-order valence-electron chi connectivity index (χ0n) is 19.0. The van der Waals surface area contributed by atoms with Gasteiger partial charge >= 0.3 is 0 Å². The van der Waals surface area contributed by atoms with Crippen molar-refractivity contribution in [2.45, 2.75) is 6.61 Å². The fraction of sp³-hybridized carbons (Fsp3) is 0.0714. The van der Waals surface area contributed by atoms with E-state index in [4.69, 9.17) is 21.7 Å². The molecule has 0 saturated carbocycles. The van der Waals surface area contributed by atoms with Gasteiger partial charge in [0.2, 0.25) is 0 Å². The lowest BCUT2D eigenvalue weighted by Gasteiger charge is -2.15. The van der Waals surface area contributed by atoms with Crippen molar-refractivity contribution in [1.29, 1.82) is 0 Å². The highest BCUT2D eigenvalue weighted by molar-refractivity contribution is 9.10. The number of fused-ring (bicyclic) bond motifs is 1. The van der Waals surface area contributed by atoms with Crippen molar-refractivity contribution in [3.05, 3.63) is 105 Å². The monoisotopic (exact) mass is 579 g/mol. The van der Waals surface area contributed by atoms with Crippen LogP contribution in [0.5, 0.6) is 11.5 Å². The highest BCUT2D eigenvalue weighted by Crippen LogP contribution is 2.40. The van der Waals surface area contributed by atoms with Crippen molar-refractivity contribution >= 4 is 72.7 Å². The fourth-order valence-electron chi connectivity index (χ4n) is 3.96. The number of hydrogen-bond acceptors (Lipinski definition) is 5. The number of anilines is 1. The second-order valence-electron chi connectivity index (χ2n) is 7.95. The molecule has 4 aromatic rings. The summed E-state index contributed by atoms with van der Waals surface area (Å²) in [5, 5.41) is 2.29. The maximum atomic E-state index is 13.3.